The fraction of sp³-hybridized carbons (Fsp3) is 0.683. The molecule has 0 radical (unpaired) electrons. The zero-order valence-electron chi connectivity index (χ0n) is 57.7. The molecule has 3 aliphatic heterocycles. The number of hydrogen-bond acceptors (Lipinski definition) is 23. The lowest BCUT2D eigenvalue weighted by molar-refractivity contribution is -0.286. The van der Waals surface area contributed by atoms with Crippen LogP contribution in [-0.4, -0.2) is 257 Å². The standard InChI is InChI=1S/C63H98N12O26/c1-11-28(6)18-14-12-13-15-20-36(76)69-41(30(8)59(92)93)55(88)73-43-32(10)66-52(85)35-22-29(7)25-75(35)58(91)40(27(4)5)72-54(87)42(31(9)60(94)95)70-37(77)24-65-50(83)34(23-38(78)100-63-48(82)46(80)47(81)49(101-63)62(98)99)68-57(90)44(45(79)61(96)97)74-51(84)33(19-16-17-21-64)67-53(86)39(26(2)3)71-56(43)89/h12-13,15,20,26-35,39-49,63,79-82H,11,14,16-19,21-25,64H2,1-10H3,(H,65,83)(H,66,85)(H,67,86)(H,68,90)(H,69,76)(H,70,77)(H,71,89)(H,72,87)(H,73,88)(H,74,84)(H,92,93)(H,94,95)(H,96,97)(H,98,99)/b13-12-,20-15+/t28?,29-,30?,31?,32?,33+,34+,35+,39-,40+,41+,42-,43+,44+,45?,46?,47?,48?,49?,63?/m1/s1. The van der Waals surface area contributed by atoms with Crippen molar-refractivity contribution in [1.29, 1.82) is 0 Å². The van der Waals surface area contributed by atoms with Gasteiger partial charge in [-0.15, -0.1) is 0 Å². The maximum absolute atomic E-state index is 15.0. The number of nitrogens with two attached hydrogens (primary N) is 1. The fourth-order valence-electron chi connectivity index (χ4n) is 10.7. The second-order valence-corrected chi connectivity index (χ2v) is 26.1. The van der Waals surface area contributed by atoms with Crippen molar-refractivity contribution in [3.05, 3.63) is 24.3 Å². The van der Waals surface area contributed by atoms with Gasteiger partial charge in [0.1, 0.15) is 72.7 Å². The number of fused-ring (bicyclic) bond motifs is 1. The summed E-state index contributed by atoms with van der Waals surface area (Å²) in [5.41, 5.74) is 5.73. The Bertz CT molecular complexity index is 3080. The molecule has 20 atom stereocenters. The number of carbonyl (C=O) groups excluding carboxylic acids is 12. The summed E-state index contributed by atoms with van der Waals surface area (Å²) in [5.74, 6) is -28.9. The summed E-state index contributed by atoms with van der Waals surface area (Å²) in [6.45, 7) is 13.3. The molecule has 11 amide bonds. The molecule has 3 fully saturated rings. The van der Waals surface area contributed by atoms with E-state index in [9.17, 15) is 118 Å². The zero-order chi connectivity index (χ0) is 76.6. The number of amides is 11. The van der Waals surface area contributed by atoms with Crippen molar-refractivity contribution in [1.82, 2.24) is 58.1 Å². The number of carbonyl (C=O) groups is 16. The number of unbranched alkanes of at least 4 members (excludes halogenated alkanes) is 1. The van der Waals surface area contributed by atoms with Gasteiger partial charge in [-0.05, 0) is 89.5 Å². The molecule has 0 aromatic heterocycles. The smallest absolute Gasteiger partial charge is 0.335 e. The normalized spacial score (nSPS) is 28.9. The molecule has 20 N–H and O–H groups in total. The van der Waals surface area contributed by atoms with E-state index in [0.29, 0.717) is 12.3 Å². The highest BCUT2D eigenvalue weighted by atomic mass is 16.7. The Labute approximate surface area is 581 Å². The van der Waals surface area contributed by atoms with E-state index in [1.54, 1.807) is 19.1 Å². The summed E-state index contributed by atoms with van der Waals surface area (Å²) in [6, 6.07) is -19.6. The van der Waals surface area contributed by atoms with E-state index in [1.165, 1.54) is 40.7 Å². The van der Waals surface area contributed by atoms with Crippen molar-refractivity contribution in [2.45, 2.75) is 218 Å². The molecule has 38 heteroatoms. The number of hydrogen-bond donors (Lipinski definition) is 19. The molecule has 0 aliphatic carbocycles. The molecule has 101 heavy (non-hydrogen) atoms. The molecule has 0 aromatic carbocycles. The van der Waals surface area contributed by atoms with Gasteiger partial charge in [0.05, 0.1) is 30.8 Å². The van der Waals surface area contributed by atoms with E-state index in [2.05, 4.69) is 44.1 Å². The number of nitrogens with zero attached hydrogens (tertiary/aromatic N) is 1. The third kappa shape index (κ3) is 25.4. The minimum absolute atomic E-state index is 0.00792. The topological polar surface area (TPSA) is 603 Å². The second-order valence-electron chi connectivity index (χ2n) is 26.1. The highest BCUT2D eigenvalue weighted by molar-refractivity contribution is 6.02. The number of carboxylic acids is 4. The van der Waals surface area contributed by atoms with Crippen molar-refractivity contribution in [2.24, 2.45) is 41.2 Å². The maximum Gasteiger partial charge on any atom is 0.335 e. The van der Waals surface area contributed by atoms with Crippen molar-refractivity contribution in [3.63, 3.8) is 0 Å². The lowest BCUT2D eigenvalue weighted by Crippen LogP contribution is -2.65. The molecule has 0 saturated carbocycles. The highest BCUT2D eigenvalue weighted by Gasteiger charge is 2.50. The first-order chi connectivity index (χ1) is 47.2. The lowest BCUT2D eigenvalue weighted by Gasteiger charge is -2.38. The average Bonchev–Trinajstić information content (AvgIpc) is 1.80. The molecule has 10 unspecified atom stereocenters. The van der Waals surface area contributed by atoms with Crippen LogP contribution in [0.3, 0.4) is 0 Å². The Morgan fingerprint density at radius 3 is 1.84 bits per heavy atom. The number of esters is 1. The van der Waals surface area contributed by atoms with Crippen LogP contribution in [0.2, 0.25) is 0 Å². The molecule has 3 heterocycles. The van der Waals surface area contributed by atoms with Gasteiger partial charge >= 0.3 is 29.8 Å². The summed E-state index contributed by atoms with van der Waals surface area (Å²) in [5, 5.41) is 105. The van der Waals surface area contributed by atoms with Crippen molar-refractivity contribution in [3.8, 4) is 0 Å². The fourth-order valence-corrected chi connectivity index (χ4v) is 10.7. The molecule has 0 bridgehead atoms. The van der Waals surface area contributed by atoms with Crippen LogP contribution in [0.5, 0.6) is 0 Å². The van der Waals surface area contributed by atoms with Crippen molar-refractivity contribution in [2.75, 3.05) is 19.6 Å². The van der Waals surface area contributed by atoms with Gasteiger partial charge in [-0.25, -0.2) is 9.59 Å². The van der Waals surface area contributed by atoms with Crippen LogP contribution in [0.15, 0.2) is 24.3 Å². The molecule has 0 spiro atoms. The van der Waals surface area contributed by atoms with E-state index in [-0.39, 0.29) is 32.4 Å². The summed E-state index contributed by atoms with van der Waals surface area (Å²) in [4.78, 5) is 222. The highest BCUT2D eigenvalue weighted by Crippen LogP contribution is 2.27. The average molecular weight is 1440 g/mol. The van der Waals surface area contributed by atoms with Gasteiger partial charge in [0, 0.05) is 12.6 Å². The van der Waals surface area contributed by atoms with Gasteiger partial charge in [0.2, 0.25) is 71.3 Å². The van der Waals surface area contributed by atoms with Crippen LogP contribution < -0.4 is 58.9 Å². The Hall–Kier alpha value is -9.24. The largest absolute Gasteiger partial charge is 0.481 e. The Kier molecular flexibility index (Phi) is 34.3. The molecular formula is C63H98N12O26. The van der Waals surface area contributed by atoms with Gasteiger partial charge in [-0.1, -0.05) is 73.1 Å². The molecule has 566 valence electrons. The van der Waals surface area contributed by atoms with E-state index >= 15 is 0 Å². The quantitative estimate of drug-likeness (QED) is 0.0175. The minimum atomic E-state index is -2.98. The third-order valence-electron chi connectivity index (χ3n) is 17.2. The number of nitrogens with one attached hydrogen (secondary N) is 10. The molecule has 3 rings (SSSR count). The lowest BCUT2D eigenvalue weighted by atomic mass is 9.97. The molecule has 38 nitrogen and oxygen atoms in total. The first-order valence-corrected chi connectivity index (χ1v) is 33.0. The van der Waals surface area contributed by atoms with Crippen LogP contribution in [-0.2, 0) is 86.2 Å². The molecule has 3 saturated heterocycles. The summed E-state index contributed by atoms with van der Waals surface area (Å²) >= 11 is 0. The minimum Gasteiger partial charge on any atom is -0.481 e. The zero-order valence-corrected chi connectivity index (χ0v) is 57.7. The van der Waals surface area contributed by atoms with Crippen molar-refractivity contribution < 1.29 is 127 Å². The summed E-state index contributed by atoms with van der Waals surface area (Å²) in [6.07, 6.45) is -8.47. The van der Waals surface area contributed by atoms with E-state index in [4.69, 9.17) is 15.2 Å². The second kappa shape index (κ2) is 40.3. The van der Waals surface area contributed by atoms with Gasteiger partial charge in [-0.3, -0.25) is 67.1 Å². The van der Waals surface area contributed by atoms with Gasteiger partial charge < -0.3 is 114 Å². The van der Waals surface area contributed by atoms with Crippen LogP contribution >= 0.6 is 0 Å². The Balaban J connectivity index is 2.33. The van der Waals surface area contributed by atoms with Gasteiger partial charge in [0.25, 0.3) is 0 Å². The number of ether oxygens (including phenoxy) is 2. The Morgan fingerprint density at radius 1 is 0.673 bits per heavy atom. The number of aliphatic hydroxyl groups excluding tert-OH is 4. The number of carboxylic acid groups (broad SMARTS) is 4. The predicted molar refractivity (Wildman–Crippen MR) is 347 cm³/mol. The maximum atomic E-state index is 15.0. The van der Waals surface area contributed by atoms with Gasteiger partial charge in [0.15, 0.2) is 12.2 Å². The van der Waals surface area contributed by atoms with Crippen LogP contribution in [0, 0.1) is 35.5 Å². The molecule has 3 aliphatic rings. The van der Waals surface area contributed by atoms with E-state index in [0.717, 1.165) is 37.7 Å². The van der Waals surface area contributed by atoms with Crippen LogP contribution in [0.25, 0.3) is 0 Å². The first kappa shape index (κ1) is 86.0. The Morgan fingerprint density at radius 2 is 1.27 bits per heavy atom. The number of aliphatic carboxylic acids is 4. The SMILES string of the molecule is CCC(C)CC/C=C\C=C\C(=O)N[C@H](C(=O)N[C@@H]1C(=O)N[C@H](C(C)C)C(=O)N[C@@H](CCCCN)C(=O)N[C@@H](C(O)C(=O)O)C(=O)N[C@@H](CC(=O)OC2OC(C(=O)O)C(O)C(O)C2O)C(=O)NCC(=O)N[C@H](C(C)C(=O)O)C(=O)N[C@@H](C(C)C)C(=O)N2C[C@H](C)C[C@H]2C(=O)NC1C)C(C)C(=O)O. The van der Waals surface area contributed by atoms with Crippen molar-refractivity contribution >= 4 is 94.8 Å². The molecular weight excluding hydrogens is 1340 g/mol. The first-order valence-electron chi connectivity index (χ1n) is 33.0. The van der Waals surface area contributed by atoms with E-state index < -0.39 is 241 Å². The van der Waals surface area contributed by atoms with Crippen LogP contribution in [0.4, 0.5) is 0 Å². The summed E-state index contributed by atoms with van der Waals surface area (Å²) in [7, 11) is 0. The van der Waals surface area contributed by atoms with Crippen LogP contribution in [0.1, 0.15) is 121 Å². The molecule has 0 aromatic rings. The monoisotopic (exact) mass is 1440 g/mol. The van der Waals surface area contributed by atoms with E-state index in [1.807, 2.05) is 22.9 Å². The third-order valence-corrected chi connectivity index (χ3v) is 17.2. The predicted octanol–water partition coefficient (Wildman–Crippen LogP) is -6.17. The number of allylic oxidation sites excluding steroid dienone is 3. The number of aliphatic hydroxyl groups is 4. The van der Waals surface area contributed by atoms with Gasteiger partial charge in [-0.2, -0.15) is 0 Å². The summed E-state index contributed by atoms with van der Waals surface area (Å²) < 4.78 is 9.93. The number of rotatable bonds is 25.